The number of rotatable bonds is 4. The predicted molar refractivity (Wildman–Crippen MR) is 77.1 cm³/mol. The molecule has 0 aliphatic carbocycles. The van der Waals surface area contributed by atoms with Crippen molar-refractivity contribution in [2.75, 3.05) is 5.32 Å². The van der Waals surface area contributed by atoms with Crippen LogP contribution in [0.15, 0.2) is 41.3 Å². The Bertz CT molecular complexity index is 801. The zero-order valence-corrected chi connectivity index (χ0v) is 11.6. The number of aromatic nitrogens is 1. The van der Waals surface area contributed by atoms with Crippen LogP contribution in [0.5, 0.6) is 0 Å². The fourth-order valence-corrected chi connectivity index (χ4v) is 1.89. The molecule has 0 fully saturated rings. The Morgan fingerprint density at radius 1 is 1.41 bits per heavy atom. The van der Waals surface area contributed by atoms with E-state index in [2.05, 4.69) is 5.32 Å². The first kappa shape index (κ1) is 15.4. The summed E-state index contributed by atoms with van der Waals surface area (Å²) in [4.78, 5) is 33.9. The molecule has 2 aromatic rings. The van der Waals surface area contributed by atoms with Gasteiger partial charge in [0.1, 0.15) is 12.4 Å². The first-order chi connectivity index (χ1) is 10.4. The molecule has 0 spiro atoms. The number of halogens is 1. The first-order valence-electron chi connectivity index (χ1n) is 6.28. The fraction of sp³-hybridized carbons (Fsp3) is 0.143. The second-order valence-corrected chi connectivity index (χ2v) is 4.60. The highest BCUT2D eigenvalue weighted by molar-refractivity contribution is 5.90. The molecule has 22 heavy (non-hydrogen) atoms. The van der Waals surface area contributed by atoms with Gasteiger partial charge in [0.25, 0.3) is 11.2 Å². The number of anilines is 1. The highest BCUT2D eigenvalue weighted by atomic mass is 19.1. The van der Waals surface area contributed by atoms with Gasteiger partial charge < -0.3 is 5.32 Å². The third kappa shape index (κ3) is 3.35. The van der Waals surface area contributed by atoms with Crippen molar-refractivity contribution in [2.45, 2.75) is 13.5 Å². The zero-order valence-electron chi connectivity index (χ0n) is 11.6. The molecular formula is C14H12FN3O4. The SMILES string of the molecule is Cc1cc([N+](=O)[O-])cn(CC(=O)Nc2ccccc2F)c1=O. The highest BCUT2D eigenvalue weighted by Crippen LogP contribution is 2.13. The standard InChI is InChI=1S/C14H12FN3O4/c1-9-6-10(18(21)22)7-17(14(9)20)8-13(19)16-12-5-3-2-4-11(12)15/h2-7H,8H2,1H3,(H,16,19). The number of amides is 1. The molecule has 1 heterocycles. The summed E-state index contributed by atoms with van der Waals surface area (Å²) < 4.78 is 14.3. The lowest BCUT2D eigenvalue weighted by Gasteiger charge is -2.08. The fourth-order valence-electron chi connectivity index (χ4n) is 1.89. The Morgan fingerprint density at radius 3 is 2.73 bits per heavy atom. The number of nitrogens with zero attached hydrogens (tertiary/aromatic N) is 2. The monoisotopic (exact) mass is 305 g/mol. The van der Waals surface area contributed by atoms with Crippen LogP contribution >= 0.6 is 0 Å². The van der Waals surface area contributed by atoms with E-state index in [1.807, 2.05) is 0 Å². The molecule has 1 amide bonds. The molecule has 0 saturated heterocycles. The lowest BCUT2D eigenvalue weighted by molar-refractivity contribution is -0.385. The quantitative estimate of drug-likeness (QED) is 0.689. The number of benzene rings is 1. The second-order valence-electron chi connectivity index (χ2n) is 4.60. The van der Waals surface area contributed by atoms with Crippen molar-refractivity contribution in [3.05, 3.63) is 68.4 Å². The number of nitrogens with one attached hydrogen (secondary N) is 1. The topological polar surface area (TPSA) is 94.2 Å². The Kier molecular flexibility index (Phi) is 4.31. The molecule has 0 atom stereocenters. The molecule has 0 aliphatic heterocycles. The number of carbonyl (C=O) groups is 1. The lowest BCUT2D eigenvalue weighted by Crippen LogP contribution is -2.29. The van der Waals surface area contributed by atoms with Crippen LogP contribution in [0.3, 0.4) is 0 Å². The van der Waals surface area contributed by atoms with Crippen LogP contribution in [0.4, 0.5) is 15.8 Å². The average molecular weight is 305 g/mol. The molecule has 1 aromatic heterocycles. The van der Waals surface area contributed by atoms with E-state index in [1.54, 1.807) is 6.07 Å². The van der Waals surface area contributed by atoms with E-state index in [0.717, 1.165) is 16.8 Å². The predicted octanol–water partition coefficient (Wildman–Crippen LogP) is 1.84. The Labute approximate surface area is 124 Å². The van der Waals surface area contributed by atoms with Gasteiger partial charge >= 0.3 is 0 Å². The molecule has 0 radical (unpaired) electrons. The van der Waals surface area contributed by atoms with Crippen LogP contribution in [0.25, 0.3) is 0 Å². The molecule has 8 heteroatoms. The van der Waals surface area contributed by atoms with Crippen LogP contribution in [0.2, 0.25) is 0 Å². The Morgan fingerprint density at radius 2 is 2.09 bits per heavy atom. The van der Waals surface area contributed by atoms with Gasteiger partial charge in [0.05, 0.1) is 16.8 Å². The Balaban J connectivity index is 2.23. The number of hydrogen-bond acceptors (Lipinski definition) is 4. The van der Waals surface area contributed by atoms with Gasteiger partial charge in [-0.1, -0.05) is 12.1 Å². The van der Waals surface area contributed by atoms with Crippen molar-refractivity contribution in [3.63, 3.8) is 0 Å². The van der Waals surface area contributed by atoms with E-state index >= 15 is 0 Å². The van der Waals surface area contributed by atoms with Crippen LogP contribution in [0, 0.1) is 22.9 Å². The summed E-state index contributed by atoms with van der Waals surface area (Å²) >= 11 is 0. The number of nitro groups is 1. The molecule has 0 unspecified atom stereocenters. The summed E-state index contributed by atoms with van der Waals surface area (Å²) in [6, 6.07) is 6.70. The van der Waals surface area contributed by atoms with E-state index in [0.29, 0.717) is 0 Å². The van der Waals surface area contributed by atoms with E-state index in [1.165, 1.54) is 25.1 Å². The van der Waals surface area contributed by atoms with Crippen molar-refractivity contribution < 1.29 is 14.1 Å². The van der Waals surface area contributed by atoms with Gasteiger partial charge in [-0.2, -0.15) is 0 Å². The maximum atomic E-state index is 13.4. The third-order valence-corrected chi connectivity index (χ3v) is 2.92. The maximum Gasteiger partial charge on any atom is 0.286 e. The van der Waals surface area contributed by atoms with Gasteiger partial charge in [-0.15, -0.1) is 0 Å². The summed E-state index contributed by atoms with van der Waals surface area (Å²) in [6.07, 6.45) is 0.982. The van der Waals surface area contributed by atoms with Gasteiger partial charge in [0, 0.05) is 11.6 Å². The van der Waals surface area contributed by atoms with Crippen molar-refractivity contribution in [2.24, 2.45) is 0 Å². The van der Waals surface area contributed by atoms with E-state index in [-0.39, 0.29) is 16.9 Å². The van der Waals surface area contributed by atoms with E-state index in [4.69, 9.17) is 0 Å². The molecular weight excluding hydrogens is 293 g/mol. The lowest BCUT2D eigenvalue weighted by atomic mass is 10.2. The zero-order chi connectivity index (χ0) is 16.3. The number of hydrogen-bond donors (Lipinski definition) is 1. The third-order valence-electron chi connectivity index (χ3n) is 2.92. The van der Waals surface area contributed by atoms with Gasteiger partial charge in [-0.3, -0.25) is 24.3 Å². The smallest absolute Gasteiger partial charge is 0.286 e. The molecule has 0 saturated carbocycles. The van der Waals surface area contributed by atoms with E-state index in [9.17, 15) is 24.1 Å². The van der Waals surface area contributed by atoms with Crippen LogP contribution < -0.4 is 10.9 Å². The number of aryl methyl sites for hydroxylation is 1. The average Bonchev–Trinajstić information content (AvgIpc) is 2.46. The van der Waals surface area contributed by atoms with Gasteiger partial charge in [0.15, 0.2) is 0 Å². The molecule has 114 valence electrons. The van der Waals surface area contributed by atoms with Crippen LogP contribution in [-0.4, -0.2) is 15.4 Å². The summed E-state index contributed by atoms with van der Waals surface area (Å²) in [7, 11) is 0. The first-order valence-corrected chi connectivity index (χ1v) is 6.28. The van der Waals surface area contributed by atoms with Crippen molar-refractivity contribution in [3.8, 4) is 0 Å². The minimum atomic E-state index is -0.660. The Hall–Kier alpha value is -3.03. The van der Waals surface area contributed by atoms with Crippen molar-refractivity contribution >= 4 is 17.3 Å². The minimum Gasteiger partial charge on any atom is -0.322 e. The van der Waals surface area contributed by atoms with Gasteiger partial charge in [-0.05, 0) is 19.1 Å². The number of pyridine rings is 1. The summed E-state index contributed by atoms with van der Waals surface area (Å²) in [6.45, 7) is 0.969. The van der Waals surface area contributed by atoms with Crippen molar-refractivity contribution in [1.29, 1.82) is 0 Å². The summed E-state index contributed by atoms with van der Waals surface area (Å²) in [5, 5.41) is 13.1. The normalized spacial score (nSPS) is 10.3. The highest BCUT2D eigenvalue weighted by Gasteiger charge is 2.14. The molecule has 7 nitrogen and oxygen atoms in total. The number of para-hydroxylation sites is 1. The molecule has 2 rings (SSSR count). The van der Waals surface area contributed by atoms with Crippen molar-refractivity contribution in [1.82, 2.24) is 4.57 Å². The molecule has 0 bridgehead atoms. The van der Waals surface area contributed by atoms with Gasteiger partial charge in [0.2, 0.25) is 5.91 Å². The van der Waals surface area contributed by atoms with Crippen LogP contribution in [0.1, 0.15) is 5.56 Å². The summed E-state index contributed by atoms with van der Waals surface area (Å²) in [5.41, 5.74) is -0.694. The molecule has 1 N–H and O–H groups in total. The van der Waals surface area contributed by atoms with Gasteiger partial charge in [-0.25, -0.2) is 4.39 Å². The largest absolute Gasteiger partial charge is 0.322 e. The number of carbonyl (C=O) groups excluding carboxylic acids is 1. The maximum absolute atomic E-state index is 13.4. The summed E-state index contributed by atoms with van der Waals surface area (Å²) in [5.74, 6) is -1.27. The minimum absolute atomic E-state index is 0.0253. The molecule has 1 aromatic carbocycles. The molecule has 0 aliphatic rings. The van der Waals surface area contributed by atoms with E-state index < -0.39 is 28.8 Å². The van der Waals surface area contributed by atoms with Crippen LogP contribution in [-0.2, 0) is 11.3 Å². The second kappa shape index (κ2) is 6.17.